The van der Waals surface area contributed by atoms with Crippen LogP contribution in [0.25, 0.3) is 0 Å². The molecule has 0 aliphatic carbocycles. The lowest BCUT2D eigenvalue weighted by atomic mass is 10.1. The number of nitrogens with zero attached hydrogens (tertiary/aromatic N) is 2. The molecule has 1 atom stereocenters. The molecule has 0 aromatic heterocycles. The summed E-state index contributed by atoms with van der Waals surface area (Å²) in [6, 6.07) is 11.6. The smallest absolute Gasteiger partial charge is 0.342 e. The van der Waals surface area contributed by atoms with Gasteiger partial charge in [0.2, 0.25) is 0 Å². The summed E-state index contributed by atoms with van der Waals surface area (Å²) >= 11 is 0. The van der Waals surface area contributed by atoms with Crippen molar-refractivity contribution in [2.75, 3.05) is 12.4 Å². The number of ether oxygens (including phenoxy) is 2. The predicted octanol–water partition coefficient (Wildman–Crippen LogP) is 2.66. The number of nitriles is 1. The summed E-state index contributed by atoms with van der Waals surface area (Å²) in [4.78, 5) is 34.7. The van der Waals surface area contributed by atoms with E-state index in [1.165, 1.54) is 32.2 Å². The van der Waals surface area contributed by atoms with Gasteiger partial charge in [-0.2, -0.15) is 5.26 Å². The Morgan fingerprint density at radius 1 is 1.26 bits per heavy atom. The second kappa shape index (κ2) is 8.44. The minimum Gasteiger partial charge on any atom is -0.496 e. The number of nitro benzene ring substituents is 1. The summed E-state index contributed by atoms with van der Waals surface area (Å²) < 4.78 is 10.1. The molecule has 1 unspecified atom stereocenters. The van der Waals surface area contributed by atoms with Gasteiger partial charge < -0.3 is 14.8 Å². The summed E-state index contributed by atoms with van der Waals surface area (Å²) in [6.07, 6.45) is -1.19. The Kier molecular flexibility index (Phi) is 6.06. The molecule has 1 N–H and O–H groups in total. The van der Waals surface area contributed by atoms with Crippen molar-refractivity contribution in [1.82, 2.24) is 0 Å². The van der Waals surface area contributed by atoms with Gasteiger partial charge in [-0.3, -0.25) is 14.9 Å². The molecule has 2 aromatic carbocycles. The van der Waals surface area contributed by atoms with E-state index in [2.05, 4.69) is 5.32 Å². The summed E-state index contributed by atoms with van der Waals surface area (Å²) in [6.45, 7) is 1.35. The molecule has 0 heterocycles. The van der Waals surface area contributed by atoms with Gasteiger partial charge in [0.25, 0.3) is 11.6 Å². The van der Waals surface area contributed by atoms with Gasteiger partial charge in [-0.25, -0.2) is 4.79 Å². The highest BCUT2D eigenvalue weighted by Gasteiger charge is 2.23. The van der Waals surface area contributed by atoms with E-state index < -0.39 is 22.9 Å². The van der Waals surface area contributed by atoms with E-state index in [9.17, 15) is 19.7 Å². The minimum absolute atomic E-state index is 0.0833. The minimum atomic E-state index is -1.19. The topological polar surface area (TPSA) is 132 Å². The van der Waals surface area contributed by atoms with Crippen LogP contribution in [0.3, 0.4) is 0 Å². The average Bonchev–Trinajstić information content (AvgIpc) is 2.67. The Labute approximate surface area is 154 Å². The largest absolute Gasteiger partial charge is 0.496 e. The lowest BCUT2D eigenvalue weighted by molar-refractivity contribution is -0.384. The molecule has 0 spiro atoms. The number of hydrogen-bond acceptors (Lipinski definition) is 7. The molecule has 9 nitrogen and oxygen atoms in total. The first-order valence-electron chi connectivity index (χ1n) is 7.70. The van der Waals surface area contributed by atoms with Crippen LogP contribution >= 0.6 is 0 Å². The van der Waals surface area contributed by atoms with Crippen LogP contribution in [0.4, 0.5) is 11.4 Å². The van der Waals surface area contributed by atoms with Crippen molar-refractivity contribution in [3.8, 4) is 11.8 Å². The van der Waals surface area contributed by atoms with Crippen molar-refractivity contribution in [3.05, 3.63) is 63.7 Å². The van der Waals surface area contributed by atoms with Crippen molar-refractivity contribution in [1.29, 1.82) is 5.26 Å². The predicted molar refractivity (Wildman–Crippen MR) is 94.3 cm³/mol. The average molecular weight is 369 g/mol. The van der Waals surface area contributed by atoms with Crippen molar-refractivity contribution in [2.45, 2.75) is 13.0 Å². The number of hydrogen-bond donors (Lipinski definition) is 1. The number of carbonyl (C=O) groups excluding carboxylic acids is 2. The molecule has 0 saturated carbocycles. The zero-order chi connectivity index (χ0) is 20.0. The fraction of sp³-hybridized carbons (Fsp3) is 0.167. The Balaban J connectivity index is 2.12. The van der Waals surface area contributed by atoms with Crippen molar-refractivity contribution < 1.29 is 24.0 Å². The number of benzene rings is 2. The number of nitro groups is 1. The molecule has 0 radical (unpaired) electrons. The summed E-state index contributed by atoms with van der Waals surface area (Å²) in [5, 5.41) is 22.3. The van der Waals surface area contributed by atoms with E-state index >= 15 is 0 Å². The fourth-order valence-corrected chi connectivity index (χ4v) is 2.16. The quantitative estimate of drug-likeness (QED) is 0.470. The number of nitrogens with one attached hydrogen (secondary N) is 1. The molecule has 0 aliphatic rings. The standard InChI is InChI=1S/C18H15N3O6/c1-11(17(22)20-13-5-3-4-12(8-13)10-19)27-18(23)15-9-14(21(24)25)6-7-16(15)26-2/h3-9,11H,1-2H3,(H,20,22). The van der Waals surface area contributed by atoms with Crippen LogP contribution in [0.2, 0.25) is 0 Å². The van der Waals surface area contributed by atoms with Gasteiger partial charge in [0.05, 0.1) is 23.7 Å². The molecular formula is C18H15N3O6. The zero-order valence-electron chi connectivity index (χ0n) is 14.5. The number of methoxy groups -OCH3 is 1. The van der Waals surface area contributed by atoms with Crippen LogP contribution in [0.5, 0.6) is 5.75 Å². The number of carbonyl (C=O) groups is 2. The second-order valence-electron chi connectivity index (χ2n) is 5.37. The summed E-state index contributed by atoms with van der Waals surface area (Å²) in [5.74, 6) is -1.48. The Morgan fingerprint density at radius 2 is 2.00 bits per heavy atom. The molecule has 0 bridgehead atoms. The highest BCUT2D eigenvalue weighted by atomic mass is 16.6. The highest BCUT2D eigenvalue weighted by Crippen LogP contribution is 2.25. The zero-order valence-corrected chi connectivity index (χ0v) is 14.5. The molecule has 0 saturated heterocycles. The van der Waals surface area contributed by atoms with E-state index in [0.717, 1.165) is 6.07 Å². The van der Waals surface area contributed by atoms with E-state index in [4.69, 9.17) is 14.7 Å². The van der Waals surface area contributed by atoms with Crippen LogP contribution < -0.4 is 10.1 Å². The lowest BCUT2D eigenvalue weighted by Gasteiger charge is -2.14. The third-order valence-corrected chi connectivity index (χ3v) is 3.53. The molecule has 2 rings (SSSR count). The summed E-state index contributed by atoms with van der Waals surface area (Å²) in [7, 11) is 1.30. The van der Waals surface area contributed by atoms with Crippen LogP contribution in [0.1, 0.15) is 22.8 Å². The molecule has 9 heteroatoms. The van der Waals surface area contributed by atoms with E-state index in [-0.39, 0.29) is 17.0 Å². The third-order valence-electron chi connectivity index (χ3n) is 3.53. The van der Waals surface area contributed by atoms with Gasteiger partial charge in [-0.1, -0.05) is 6.07 Å². The monoisotopic (exact) mass is 369 g/mol. The van der Waals surface area contributed by atoms with E-state index in [1.54, 1.807) is 18.2 Å². The molecule has 138 valence electrons. The fourth-order valence-electron chi connectivity index (χ4n) is 2.16. The number of non-ortho nitro benzene ring substituents is 1. The number of amides is 1. The number of esters is 1. The van der Waals surface area contributed by atoms with Crippen molar-refractivity contribution in [3.63, 3.8) is 0 Å². The van der Waals surface area contributed by atoms with Gasteiger partial charge in [0, 0.05) is 17.8 Å². The Morgan fingerprint density at radius 3 is 2.63 bits per heavy atom. The lowest BCUT2D eigenvalue weighted by Crippen LogP contribution is -2.30. The van der Waals surface area contributed by atoms with Crippen LogP contribution in [-0.2, 0) is 9.53 Å². The van der Waals surface area contributed by atoms with Gasteiger partial charge in [0.15, 0.2) is 6.10 Å². The maximum Gasteiger partial charge on any atom is 0.342 e. The maximum absolute atomic E-state index is 12.3. The van der Waals surface area contributed by atoms with Crippen LogP contribution in [0.15, 0.2) is 42.5 Å². The number of rotatable bonds is 6. The van der Waals surface area contributed by atoms with Gasteiger partial charge in [-0.15, -0.1) is 0 Å². The molecular weight excluding hydrogens is 354 g/mol. The maximum atomic E-state index is 12.3. The van der Waals surface area contributed by atoms with E-state index in [0.29, 0.717) is 11.3 Å². The van der Waals surface area contributed by atoms with Crippen LogP contribution in [0, 0.1) is 21.4 Å². The van der Waals surface area contributed by atoms with Gasteiger partial charge in [0.1, 0.15) is 11.3 Å². The molecule has 0 aliphatic heterocycles. The first-order chi connectivity index (χ1) is 12.8. The van der Waals surface area contributed by atoms with Crippen molar-refractivity contribution in [2.24, 2.45) is 0 Å². The summed E-state index contributed by atoms with van der Waals surface area (Å²) in [5.41, 5.74) is 0.250. The number of anilines is 1. The highest BCUT2D eigenvalue weighted by molar-refractivity contribution is 5.98. The first kappa shape index (κ1) is 19.4. The SMILES string of the molecule is COc1ccc([N+](=O)[O-])cc1C(=O)OC(C)C(=O)Nc1cccc(C#N)c1. The third kappa shape index (κ3) is 4.79. The molecule has 1 amide bonds. The van der Waals surface area contributed by atoms with Crippen molar-refractivity contribution >= 4 is 23.3 Å². The molecule has 2 aromatic rings. The molecule has 27 heavy (non-hydrogen) atoms. The Hall–Kier alpha value is -3.93. The normalized spacial score (nSPS) is 11.0. The Bertz CT molecular complexity index is 935. The molecule has 0 fully saturated rings. The first-order valence-corrected chi connectivity index (χ1v) is 7.70. The van der Waals surface area contributed by atoms with Crippen LogP contribution in [-0.4, -0.2) is 30.0 Å². The van der Waals surface area contributed by atoms with Gasteiger partial charge in [-0.05, 0) is 31.2 Å². The van der Waals surface area contributed by atoms with Gasteiger partial charge >= 0.3 is 5.97 Å². The second-order valence-corrected chi connectivity index (χ2v) is 5.37. The van der Waals surface area contributed by atoms with E-state index in [1.807, 2.05) is 6.07 Å².